The number of aliphatic carboxylic acids is 1. The second kappa shape index (κ2) is 5.00. The van der Waals surface area contributed by atoms with Crippen molar-refractivity contribution in [2.45, 2.75) is 26.2 Å². The number of carboxylic acids is 1. The zero-order chi connectivity index (χ0) is 13.1. The second-order valence-corrected chi connectivity index (χ2v) is 4.14. The molecule has 0 saturated heterocycles. The van der Waals surface area contributed by atoms with Crippen molar-refractivity contribution in [3.63, 3.8) is 0 Å². The van der Waals surface area contributed by atoms with Crippen LogP contribution < -0.4 is 0 Å². The molecule has 2 aromatic rings. The summed E-state index contributed by atoms with van der Waals surface area (Å²) >= 11 is 0. The van der Waals surface area contributed by atoms with Gasteiger partial charge in [0.1, 0.15) is 11.7 Å². The summed E-state index contributed by atoms with van der Waals surface area (Å²) in [5.74, 6) is -0.945. The third kappa shape index (κ3) is 2.25. The molecule has 0 bridgehead atoms. The van der Waals surface area contributed by atoms with Gasteiger partial charge < -0.3 is 10.1 Å². The molecule has 5 nitrogen and oxygen atoms in total. The lowest BCUT2D eigenvalue weighted by Gasteiger charge is -2.04. The standard InChI is InChI=1S/C13H15N3O2/c1-3-10(13(17)18)12-15-8(2)11(16-12)9-5-4-6-14-7-9/h4-7,10H,3H2,1-2H3,(H,15,16)(H,17,18). The number of pyridine rings is 1. The first-order valence-corrected chi connectivity index (χ1v) is 5.83. The van der Waals surface area contributed by atoms with Crippen LogP contribution >= 0.6 is 0 Å². The fraction of sp³-hybridized carbons (Fsp3) is 0.308. The third-order valence-corrected chi connectivity index (χ3v) is 2.87. The molecule has 94 valence electrons. The van der Waals surface area contributed by atoms with E-state index >= 15 is 0 Å². The van der Waals surface area contributed by atoms with Crippen LogP contribution in [-0.2, 0) is 4.79 Å². The molecular weight excluding hydrogens is 230 g/mol. The molecule has 0 spiro atoms. The van der Waals surface area contributed by atoms with Gasteiger partial charge in [0, 0.05) is 23.7 Å². The molecule has 2 aromatic heterocycles. The number of hydrogen-bond acceptors (Lipinski definition) is 3. The molecule has 0 radical (unpaired) electrons. The van der Waals surface area contributed by atoms with Crippen LogP contribution in [0.5, 0.6) is 0 Å². The SMILES string of the molecule is CCC(C(=O)O)c1nc(-c2cccnc2)c(C)[nH]1. The van der Waals surface area contributed by atoms with E-state index in [0.717, 1.165) is 17.0 Å². The number of nitrogens with one attached hydrogen (secondary N) is 1. The normalized spacial score (nSPS) is 12.3. The highest BCUT2D eigenvalue weighted by Gasteiger charge is 2.22. The van der Waals surface area contributed by atoms with E-state index in [1.54, 1.807) is 12.4 Å². The highest BCUT2D eigenvalue weighted by atomic mass is 16.4. The van der Waals surface area contributed by atoms with Gasteiger partial charge in [0.15, 0.2) is 0 Å². The second-order valence-electron chi connectivity index (χ2n) is 4.14. The molecule has 1 atom stereocenters. The Bertz CT molecular complexity index is 549. The van der Waals surface area contributed by atoms with E-state index in [2.05, 4.69) is 15.0 Å². The summed E-state index contributed by atoms with van der Waals surface area (Å²) in [5.41, 5.74) is 2.51. The first-order chi connectivity index (χ1) is 8.63. The first-order valence-electron chi connectivity index (χ1n) is 5.83. The number of aryl methyl sites for hydroxylation is 1. The van der Waals surface area contributed by atoms with Crippen molar-refractivity contribution in [2.75, 3.05) is 0 Å². The number of hydrogen-bond donors (Lipinski definition) is 2. The molecule has 0 aliphatic heterocycles. The van der Waals surface area contributed by atoms with Crippen LogP contribution in [0.2, 0.25) is 0 Å². The summed E-state index contributed by atoms with van der Waals surface area (Å²) in [6.45, 7) is 3.72. The minimum Gasteiger partial charge on any atom is -0.481 e. The smallest absolute Gasteiger partial charge is 0.314 e. The van der Waals surface area contributed by atoms with E-state index in [-0.39, 0.29) is 0 Å². The maximum Gasteiger partial charge on any atom is 0.314 e. The zero-order valence-corrected chi connectivity index (χ0v) is 10.3. The van der Waals surface area contributed by atoms with E-state index in [1.165, 1.54) is 0 Å². The summed E-state index contributed by atoms with van der Waals surface area (Å²) in [5, 5.41) is 9.13. The van der Waals surface area contributed by atoms with E-state index in [1.807, 2.05) is 26.0 Å². The van der Waals surface area contributed by atoms with Crippen LogP contribution in [-0.4, -0.2) is 26.0 Å². The van der Waals surface area contributed by atoms with Crippen LogP contribution in [0, 0.1) is 6.92 Å². The van der Waals surface area contributed by atoms with Crippen molar-refractivity contribution in [1.82, 2.24) is 15.0 Å². The Morgan fingerprint density at radius 3 is 2.89 bits per heavy atom. The molecule has 0 fully saturated rings. The highest BCUT2D eigenvalue weighted by Crippen LogP contribution is 2.24. The van der Waals surface area contributed by atoms with Crippen molar-refractivity contribution < 1.29 is 9.90 Å². The van der Waals surface area contributed by atoms with E-state index in [9.17, 15) is 4.79 Å². The number of carbonyl (C=O) groups is 1. The monoisotopic (exact) mass is 245 g/mol. The maximum atomic E-state index is 11.1. The van der Waals surface area contributed by atoms with Crippen molar-refractivity contribution >= 4 is 5.97 Å². The van der Waals surface area contributed by atoms with Crippen molar-refractivity contribution in [3.8, 4) is 11.3 Å². The number of rotatable bonds is 4. The molecule has 0 aromatic carbocycles. The topological polar surface area (TPSA) is 78.9 Å². The molecule has 18 heavy (non-hydrogen) atoms. The Hall–Kier alpha value is -2.17. The van der Waals surface area contributed by atoms with Gasteiger partial charge in [0.2, 0.25) is 0 Å². The number of imidazole rings is 1. The minimum absolute atomic E-state index is 0.501. The summed E-state index contributed by atoms with van der Waals surface area (Å²) in [6, 6.07) is 3.74. The average molecular weight is 245 g/mol. The molecule has 0 amide bonds. The van der Waals surface area contributed by atoms with Crippen LogP contribution in [0.4, 0.5) is 0 Å². The maximum absolute atomic E-state index is 11.1. The summed E-state index contributed by atoms with van der Waals surface area (Å²) in [4.78, 5) is 22.6. The largest absolute Gasteiger partial charge is 0.481 e. The average Bonchev–Trinajstić information content (AvgIpc) is 2.73. The van der Waals surface area contributed by atoms with E-state index in [0.29, 0.717) is 12.2 Å². The minimum atomic E-state index is -0.857. The Kier molecular flexibility index (Phi) is 3.41. The van der Waals surface area contributed by atoms with Gasteiger partial charge in [-0.2, -0.15) is 0 Å². The van der Waals surface area contributed by atoms with Crippen molar-refractivity contribution in [3.05, 3.63) is 36.0 Å². The lowest BCUT2D eigenvalue weighted by molar-refractivity contribution is -0.139. The van der Waals surface area contributed by atoms with Gasteiger partial charge in [-0.05, 0) is 25.5 Å². The highest BCUT2D eigenvalue weighted by molar-refractivity contribution is 5.75. The molecule has 2 heterocycles. The fourth-order valence-electron chi connectivity index (χ4n) is 1.92. The molecule has 1 unspecified atom stereocenters. The van der Waals surface area contributed by atoms with Crippen molar-refractivity contribution in [1.29, 1.82) is 0 Å². The molecule has 0 aliphatic carbocycles. The Balaban J connectivity index is 2.41. The van der Waals surface area contributed by atoms with Crippen LogP contribution in [0.15, 0.2) is 24.5 Å². The number of nitrogens with zero attached hydrogens (tertiary/aromatic N) is 2. The van der Waals surface area contributed by atoms with Gasteiger partial charge >= 0.3 is 5.97 Å². The van der Waals surface area contributed by atoms with Gasteiger partial charge in [-0.15, -0.1) is 0 Å². The van der Waals surface area contributed by atoms with Crippen LogP contribution in [0.3, 0.4) is 0 Å². The summed E-state index contributed by atoms with van der Waals surface area (Å²) in [6.07, 6.45) is 3.92. The van der Waals surface area contributed by atoms with Gasteiger partial charge in [0.25, 0.3) is 0 Å². The zero-order valence-electron chi connectivity index (χ0n) is 10.3. The summed E-state index contributed by atoms with van der Waals surface area (Å²) < 4.78 is 0. The van der Waals surface area contributed by atoms with Gasteiger partial charge in [-0.25, -0.2) is 4.98 Å². The Morgan fingerprint density at radius 1 is 1.56 bits per heavy atom. The van der Waals surface area contributed by atoms with E-state index < -0.39 is 11.9 Å². The fourth-order valence-corrected chi connectivity index (χ4v) is 1.92. The molecule has 2 rings (SSSR count). The third-order valence-electron chi connectivity index (χ3n) is 2.87. The number of aromatic nitrogens is 3. The number of H-pyrrole nitrogens is 1. The Labute approximate surface area is 105 Å². The first kappa shape index (κ1) is 12.3. The van der Waals surface area contributed by atoms with E-state index in [4.69, 9.17) is 5.11 Å². The van der Waals surface area contributed by atoms with Crippen LogP contribution in [0.25, 0.3) is 11.3 Å². The molecule has 0 aliphatic rings. The van der Waals surface area contributed by atoms with Crippen LogP contribution in [0.1, 0.15) is 30.8 Å². The van der Waals surface area contributed by atoms with Crippen molar-refractivity contribution in [2.24, 2.45) is 0 Å². The quantitative estimate of drug-likeness (QED) is 0.866. The molecule has 5 heteroatoms. The number of carboxylic acid groups (broad SMARTS) is 1. The lowest BCUT2D eigenvalue weighted by Crippen LogP contribution is -2.12. The molecule has 2 N–H and O–H groups in total. The molecular formula is C13H15N3O2. The predicted molar refractivity (Wildman–Crippen MR) is 67.2 cm³/mol. The van der Waals surface area contributed by atoms with Gasteiger partial charge in [-0.3, -0.25) is 9.78 Å². The number of aromatic amines is 1. The van der Waals surface area contributed by atoms with Gasteiger partial charge in [-0.1, -0.05) is 6.92 Å². The molecule has 0 saturated carbocycles. The lowest BCUT2D eigenvalue weighted by atomic mass is 10.1. The van der Waals surface area contributed by atoms with Gasteiger partial charge in [0.05, 0.1) is 5.69 Å². The summed E-state index contributed by atoms with van der Waals surface area (Å²) in [7, 11) is 0. The Morgan fingerprint density at radius 2 is 2.33 bits per heavy atom. The predicted octanol–water partition coefficient (Wildman–Crippen LogP) is 2.36.